The zero-order chi connectivity index (χ0) is 13.5. The number of fused-ring (bicyclic) bond motifs is 1. The topological polar surface area (TPSA) is 24.5 Å². The molecule has 1 heterocycles. The van der Waals surface area contributed by atoms with Gasteiger partial charge in [0.15, 0.2) is 0 Å². The molecule has 1 aromatic rings. The lowest BCUT2D eigenvalue weighted by Gasteiger charge is -2.17. The van der Waals surface area contributed by atoms with Crippen LogP contribution < -0.4 is 10.1 Å². The summed E-state index contributed by atoms with van der Waals surface area (Å²) in [5.74, 6) is 1.07. The molecular formula is C16H26N2O. The molecule has 0 saturated heterocycles. The standard InChI is InChI=1S/C16H26N2O/c1-3-18(4-2)10-5-9-17-13-14-6-7-16-15(12-14)8-11-19-16/h6-7,12,17H,3-5,8-11,13H2,1-2H3. The van der Waals surface area contributed by atoms with Gasteiger partial charge in [0.1, 0.15) is 5.75 Å². The Morgan fingerprint density at radius 2 is 2.11 bits per heavy atom. The first-order chi connectivity index (χ1) is 9.33. The third-order valence-electron chi connectivity index (χ3n) is 3.81. The first-order valence-electron chi connectivity index (χ1n) is 7.51. The minimum Gasteiger partial charge on any atom is -0.493 e. The number of nitrogens with one attached hydrogen (secondary N) is 1. The predicted octanol–water partition coefficient (Wildman–Crippen LogP) is 2.44. The van der Waals surface area contributed by atoms with Gasteiger partial charge in [0, 0.05) is 13.0 Å². The molecule has 19 heavy (non-hydrogen) atoms. The second kappa shape index (κ2) is 7.51. The van der Waals surface area contributed by atoms with Gasteiger partial charge in [-0.1, -0.05) is 26.0 Å². The summed E-state index contributed by atoms with van der Waals surface area (Å²) in [6, 6.07) is 6.55. The average Bonchev–Trinajstić information content (AvgIpc) is 2.90. The first kappa shape index (κ1) is 14.4. The smallest absolute Gasteiger partial charge is 0.122 e. The van der Waals surface area contributed by atoms with Crippen molar-refractivity contribution in [3.05, 3.63) is 29.3 Å². The normalized spacial score (nSPS) is 13.6. The minimum atomic E-state index is 0.843. The number of ether oxygens (including phenoxy) is 1. The highest BCUT2D eigenvalue weighted by molar-refractivity contribution is 5.39. The maximum Gasteiger partial charge on any atom is 0.122 e. The van der Waals surface area contributed by atoms with E-state index >= 15 is 0 Å². The highest BCUT2D eigenvalue weighted by Crippen LogP contribution is 2.25. The van der Waals surface area contributed by atoms with Gasteiger partial charge >= 0.3 is 0 Å². The molecule has 0 spiro atoms. The van der Waals surface area contributed by atoms with E-state index in [0.717, 1.165) is 45.0 Å². The van der Waals surface area contributed by atoms with Gasteiger partial charge in [-0.3, -0.25) is 0 Å². The SMILES string of the molecule is CCN(CC)CCCNCc1ccc2c(c1)CCO2. The molecule has 0 saturated carbocycles. The van der Waals surface area contributed by atoms with E-state index in [0.29, 0.717) is 0 Å². The van der Waals surface area contributed by atoms with Gasteiger partial charge in [-0.05, 0) is 49.8 Å². The second-order valence-electron chi connectivity index (χ2n) is 5.10. The number of benzene rings is 1. The Balaban J connectivity index is 1.66. The van der Waals surface area contributed by atoms with Gasteiger partial charge in [0.25, 0.3) is 0 Å². The second-order valence-corrected chi connectivity index (χ2v) is 5.10. The Hall–Kier alpha value is -1.06. The predicted molar refractivity (Wildman–Crippen MR) is 79.8 cm³/mol. The van der Waals surface area contributed by atoms with Crippen molar-refractivity contribution in [2.24, 2.45) is 0 Å². The third-order valence-corrected chi connectivity index (χ3v) is 3.81. The molecule has 0 atom stereocenters. The summed E-state index contributed by atoms with van der Waals surface area (Å²) >= 11 is 0. The van der Waals surface area contributed by atoms with Crippen molar-refractivity contribution in [3.8, 4) is 5.75 Å². The molecule has 3 nitrogen and oxygen atoms in total. The van der Waals surface area contributed by atoms with Crippen LogP contribution in [-0.2, 0) is 13.0 Å². The van der Waals surface area contributed by atoms with E-state index in [-0.39, 0.29) is 0 Å². The van der Waals surface area contributed by atoms with E-state index in [9.17, 15) is 0 Å². The van der Waals surface area contributed by atoms with Crippen LogP contribution in [0.2, 0.25) is 0 Å². The van der Waals surface area contributed by atoms with E-state index < -0.39 is 0 Å². The summed E-state index contributed by atoms with van der Waals surface area (Å²) in [5, 5.41) is 3.53. The lowest BCUT2D eigenvalue weighted by molar-refractivity contribution is 0.298. The molecule has 1 N–H and O–H groups in total. The Morgan fingerprint density at radius 3 is 2.89 bits per heavy atom. The molecule has 0 radical (unpaired) electrons. The number of hydrogen-bond acceptors (Lipinski definition) is 3. The zero-order valence-electron chi connectivity index (χ0n) is 12.2. The van der Waals surface area contributed by atoms with Gasteiger partial charge in [-0.15, -0.1) is 0 Å². The Bertz CT molecular complexity index is 388. The van der Waals surface area contributed by atoms with E-state index in [1.54, 1.807) is 0 Å². The zero-order valence-corrected chi connectivity index (χ0v) is 12.2. The van der Waals surface area contributed by atoms with Crippen LogP contribution in [0.15, 0.2) is 18.2 Å². The maximum absolute atomic E-state index is 5.52. The molecule has 3 heteroatoms. The molecule has 0 unspecified atom stereocenters. The van der Waals surface area contributed by atoms with Gasteiger partial charge < -0.3 is 15.0 Å². The Labute approximate surface area is 116 Å². The van der Waals surface area contributed by atoms with Crippen molar-refractivity contribution in [3.63, 3.8) is 0 Å². The molecular weight excluding hydrogens is 236 g/mol. The quantitative estimate of drug-likeness (QED) is 0.728. The van der Waals surface area contributed by atoms with E-state index in [4.69, 9.17) is 4.74 Å². The average molecular weight is 262 g/mol. The molecule has 0 fully saturated rings. The lowest BCUT2D eigenvalue weighted by Crippen LogP contribution is -2.27. The number of nitrogens with zero attached hydrogens (tertiary/aromatic N) is 1. The summed E-state index contributed by atoms with van der Waals surface area (Å²) < 4.78 is 5.52. The molecule has 1 aromatic carbocycles. The fourth-order valence-corrected chi connectivity index (χ4v) is 2.55. The van der Waals surface area contributed by atoms with Crippen LogP contribution in [0.3, 0.4) is 0 Å². The summed E-state index contributed by atoms with van der Waals surface area (Å²) in [6.45, 7) is 10.8. The van der Waals surface area contributed by atoms with E-state index in [1.807, 2.05) is 0 Å². The molecule has 0 bridgehead atoms. The van der Waals surface area contributed by atoms with Crippen LogP contribution in [0.4, 0.5) is 0 Å². The molecule has 0 aromatic heterocycles. The maximum atomic E-state index is 5.52. The third kappa shape index (κ3) is 4.22. The molecule has 1 aliphatic heterocycles. The monoisotopic (exact) mass is 262 g/mol. The van der Waals surface area contributed by atoms with Crippen LogP contribution in [0.1, 0.15) is 31.4 Å². The Kier molecular flexibility index (Phi) is 5.67. The van der Waals surface area contributed by atoms with Crippen LogP contribution in [-0.4, -0.2) is 37.7 Å². The summed E-state index contributed by atoms with van der Waals surface area (Å²) in [4.78, 5) is 2.47. The number of rotatable bonds is 8. The van der Waals surface area contributed by atoms with E-state index in [1.165, 1.54) is 24.1 Å². The van der Waals surface area contributed by atoms with Crippen molar-refractivity contribution in [1.82, 2.24) is 10.2 Å². The van der Waals surface area contributed by atoms with Crippen LogP contribution >= 0.6 is 0 Å². The van der Waals surface area contributed by atoms with Gasteiger partial charge in [0.2, 0.25) is 0 Å². The first-order valence-corrected chi connectivity index (χ1v) is 7.51. The van der Waals surface area contributed by atoms with Crippen LogP contribution in [0, 0.1) is 0 Å². The minimum absolute atomic E-state index is 0.843. The van der Waals surface area contributed by atoms with Crippen molar-refractivity contribution < 1.29 is 4.74 Å². The highest BCUT2D eigenvalue weighted by atomic mass is 16.5. The van der Waals surface area contributed by atoms with Crippen molar-refractivity contribution in [2.75, 3.05) is 32.8 Å². The summed E-state index contributed by atoms with van der Waals surface area (Å²) in [6.07, 6.45) is 2.28. The largest absolute Gasteiger partial charge is 0.493 e. The fraction of sp³-hybridized carbons (Fsp3) is 0.625. The summed E-state index contributed by atoms with van der Waals surface area (Å²) in [5.41, 5.74) is 2.73. The van der Waals surface area contributed by atoms with Gasteiger partial charge in [-0.25, -0.2) is 0 Å². The molecule has 2 rings (SSSR count). The van der Waals surface area contributed by atoms with E-state index in [2.05, 4.69) is 42.3 Å². The highest BCUT2D eigenvalue weighted by Gasteiger charge is 2.11. The van der Waals surface area contributed by atoms with Gasteiger partial charge in [0.05, 0.1) is 6.61 Å². The Morgan fingerprint density at radius 1 is 1.26 bits per heavy atom. The number of hydrogen-bond donors (Lipinski definition) is 1. The van der Waals surface area contributed by atoms with Gasteiger partial charge in [-0.2, -0.15) is 0 Å². The van der Waals surface area contributed by atoms with Crippen molar-refractivity contribution >= 4 is 0 Å². The van der Waals surface area contributed by atoms with Crippen molar-refractivity contribution in [1.29, 1.82) is 0 Å². The van der Waals surface area contributed by atoms with Crippen molar-refractivity contribution in [2.45, 2.75) is 33.2 Å². The molecule has 0 aliphatic carbocycles. The fourth-order valence-electron chi connectivity index (χ4n) is 2.55. The molecule has 1 aliphatic rings. The lowest BCUT2D eigenvalue weighted by atomic mass is 10.1. The van der Waals surface area contributed by atoms with Crippen LogP contribution in [0.5, 0.6) is 5.75 Å². The summed E-state index contributed by atoms with van der Waals surface area (Å²) in [7, 11) is 0. The molecule has 0 amide bonds. The molecule has 106 valence electrons. The van der Waals surface area contributed by atoms with Crippen LogP contribution in [0.25, 0.3) is 0 Å².